The van der Waals surface area contributed by atoms with E-state index in [4.69, 9.17) is 11.6 Å². The number of hydrogen-bond donors (Lipinski definition) is 4. The van der Waals surface area contributed by atoms with Gasteiger partial charge in [0.2, 0.25) is 0 Å². The van der Waals surface area contributed by atoms with E-state index in [1.165, 1.54) is 23.1 Å². The Morgan fingerprint density at radius 2 is 1.80 bits per heavy atom. The smallest absolute Gasteiger partial charge is 0.332 e. The fourth-order valence-corrected chi connectivity index (χ4v) is 5.80. The van der Waals surface area contributed by atoms with Crippen molar-refractivity contribution < 1.29 is 29.4 Å². The minimum absolute atomic E-state index is 0.0184. The van der Waals surface area contributed by atoms with Gasteiger partial charge in [-0.05, 0) is 41.5 Å². The molecule has 11 heteroatoms. The number of aliphatic hydroxyl groups excluding tert-OH is 1. The first-order valence-corrected chi connectivity index (χ1v) is 12.9. The topological polar surface area (TPSA) is 143 Å². The number of hydrogen-bond acceptors (Lipinski definition) is 5. The fourth-order valence-electron chi connectivity index (χ4n) is 5.60. The summed E-state index contributed by atoms with van der Waals surface area (Å²) in [5.41, 5.74) is 3.24. The summed E-state index contributed by atoms with van der Waals surface area (Å²) in [4.78, 5) is 58.5. The van der Waals surface area contributed by atoms with Crippen LogP contribution < -0.4 is 10.2 Å². The van der Waals surface area contributed by atoms with Gasteiger partial charge in [-0.25, -0.2) is 14.5 Å². The van der Waals surface area contributed by atoms with Crippen LogP contribution in [0.2, 0.25) is 5.02 Å². The Morgan fingerprint density at radius 3 is 2.55 bits per heavy atom. The number of imide groups is 1. The van der Waals surface area contributed by atoms with Crippen molar-refractivity contribution in [1.82, 2.24) is 15.2 Å². The molecule has 2 aliphatic rings. The zero-order valence-electron chi connectivity index (χ0n) is 20.9. The van der Waals surface area contributed by atoms with Gasteiger partial charge in [0, 0.05) is 28.0 Å². The van der Waals surface area contributed by atoms with Crippen molar-refractivity contribution in [2.75, 3.05) is 11.5 Å². The quantitative estimate of drug-likeness (QED) is 0.267. The number of rotatable bonds is 6. The molecular weight excluding hydrogens is 536 g/mol. The second-order valence-electron chi connectivity index (χ2n) is 9.67. The van der Waals surface area contributed by atoms with Crippen LogP contribution in [0.4, 0.5) is 10.5 Å². The molecule has 4 aromatic rings. The summed E-state index contributed by atoms with van der Waals surface area (Å²) >= 11 is 6.34. The van der Waals surface area contributed by atoms with Gasteiger partial charge in [0.15, 0.2) is 6.04 Å². The third-order valence-electron chi connectivity index (χ3n) is 7.39. The number of para-hydroxylation sites is 2. The highest BCUT2D eigenvalue weighted by Crippen LogP contribution is 2.45. The molecule has 2 aliphatic heterocycles. The normalized spacial score (nSPS) is 18.9. The van der Waals surface area contributed by atoms with Gasteiger partial charge in [-0.2, -0.15) is 0 Å². The van der Waals surface area contributed by atoms with Gasteiger partial charge >= 0.3 is 12.0 Å². The van der Waals surface area contributed by atoms with Gasteiger partial charge in [0.1, 0.15) is 12.1 Å². The standard InChI is InChI=1S/C29H23ClN4O6/c30-16-7-5-6-15(12-16)25-24-19(17-8-1-3-10-20(17)31-24)13-23-27(37)34(29(40)33(23)25)22-11-4-2-9-18(22)26(36)32-21(14-35)28(38)39/h1-12,21,23,25,31,35H,13-14H2,(H,32,36)(H,38,39)/t21-,23-,25+/m0/s1. The largest absolute Gasteiger partial charge is 0.480 e. The maximum atomic E-state index is 14.1. The minimum atomic E-state index is -1.55. The number of nitrogens with one attached hydrogen (secondary N) is 2. The highest BCUT2D eigenvalue weighted by Gasteiger charge is 2.53. The van der Waals surface area contributed by atoms with Crippen LogP contribution in [-0.4, -0.2) is 62.6 Å². The predicted molar refractivity (Wildman–Crippen MR) is 146 cm³/mol. The predicted octanol–water partition coefficient (Wildman–Crippen LogP) is 3.48. The summed E-state index contributed by atoms with van der Waals surface area (Å²) < 4.78 is 0. The van der Waals surface area contributed by atoms with E-state index in [0.717, 1.165) is 27.1 Å². The second kappa shape index (κ2) is 9.82. The van der Waals surface area contributed by atoms with Crippen LogP contribution in [0.25, 0.3) is 10.9 Å². The van der Waals surface area contributed by atoms with E-state index in [9.17, 15) is 29.4 Å². The van der Waals surface area contributed by atoms with Crippen LogP contribution in [-0.2, 0) is 16.0 Å². The molecule has 0 unspecified atom stereocenters. The molecule has 10 nitrogen and oxygen atoms in total. The Bertz CT molecular complexity index is 1700. The molecule has 4 amide bonds. The number of carbonyl (C=O) groups excluding carboxylic acids is 3. The molecule has 0 bridgehead atoms. The maximum Gasteiger partial charge on any atom is 0.332 e. The monoisotopic (exact) mass is 558 g/mol. The zero-order chi connectivity index (χ0) is 28.1. The molecule has 3 heterocycles. The van der Waals surface area contributed by atoms with E-state index in [0.29, 0.717) is 10.6 Å². The lowest BCUT2D eigenvalue weighted by atomic mass is 9.89. The van der Waals surface area contributed by atoms with Crippen LogP contribution in [0.1, 0.15) is 33.2 Å². The number of aliphatic carboxylic acids is 1. The summed E-state index contributed by atoms with van der Waals surface area (Å²) in [6.45, 7) is -0.826. The number of anilines is 1. The molecule has 0 saturated carbocycles. The van der Waals surface area contributed by atoms with Crippen molar-refractivity contribution in [3.05, 3.63) is 100 Å². The molecule has 4 N–H and O–H groups in total. The van der Waals surface area contributed by atoms with Gasteiger partial charge in [0.05, 0.1) is 17.9 Å². The molecule has 0 radical (unpaired) electrons. The number of aromatic amines is 1. The van der Waals surface area contributed by atoms with E-state index in [2.05, 4.69) is 10.3 Å². The Morgan fingerprint density at radius 1 is 1.05 bits per heavy atom. The molecule has 0 aliphatic carbocycles. The molecule has 6 rings (SSSR count). The van der Waals surface area contributed by atoms with E-state index in [-0.39, 0.29) is 17.7 Å². The van der Waals surface area contributed by atoms with Gasteiger partial charge in [-0.1, -0.05) is 54.1 Å². The number of carboxylic acids is 1. The number of nitrogens with zero attached hydrogens (tertiary/aromatic N) is 2. The Kier molecular flexibility index (Phi) is 6.28. The van der Waals surface area contributed by atoms with Gasteiger partial charge in [0.25, 0.3) is 11.8 Å². The first-order valence-electron chi connectivity index (χ1n) is 12.5. The van der Waals surface area contributed by atoms with Crippen molar-refractivity contribution in [1.29, 1.82) is 0 Å². The summed E-state index contributed by atoms with van der Waals surface area (Å²) in [5, 5.41) is 22.3. The van der Waals surface area contributed by atoms with Crippen LogP contribution in [0.5, 0.6) is 0 Å². The number of aromatic nitrogens is 1. The van der Waals surface area contributed by atoms with E-state index in [1.807, 2.05) is 30.3 Å². The summed E-state index contributed by atoms with van der Waals surface area (Å²) in [5.74, 6) is -2.77. The first kappa shape index (κ1) is 25.6. The Balaban J connectivity index is 1.46. The average Bonchev–Trinajstić information content (AvgIpc) is 3.44. The van der Waals surface area contributed by atoms with Crippen molar-refractivity contribution in [3.8, 4) is 0 Å². The van der Waals surface area contributed by atoms with Gasteiger partial charge in [-0.15, -0.1) is 0 Å². The van der Waals surface area contributed by atoms with Crippen molar-refractivity contribution in [2.45, 2.75) is 24.5 Å². The molecule has 202 valence electrons. The number of carbonyl (C=O) groups is 4. The minimum Gasteiger partial charge on any atom is -0.480 e. The van der Waals surface area contributed by atoms with Gasteiger partial charge < -0.3 is 20.5 Å². The lowest BCUT2D eigenvalue weighted by Crippen LogP contribution is -2.44. The highest BCUT2D eigenvalue weighted by atomic mass is 35.5. The van der Waals surface area contributed by atoms with Crippen LogP contribution >= 0.6 is 11.6 Å². The lowest BCUT2D eigenvalue weighted by Gasteiger charge is -2.36. The van der Waals surface area contributed by atoms with Crippen LogP contribution in [0, 0.1) is 0 Å². The lowest BCUT2D eigenvalue weighted by molar-refractivity contribution is -0.140. The highest BCUT2D eigenvalue weighted by molar-refractivity contribution is 6.30. The third kappa shape index (κ3) is 4.00. The van der Waals surface area contributed by atoms with Gasteiger partial charge in [-0.3, -0.25) is 14.5 Å². The number of fused-ring (bicyclic) bond motifs is 4. The summed E-state index contributed by atoms with van der Waals surface area (Å²) in [7, 11) is 0. The molecule has 3 atom stereocenters. The number of halogens is 1. The summed E-state index contributed by atoms with van der Waals surface area (Å²) in [6, 6.07) is 17.1. The molecule has 3 aromatic carbocycles. The van der Waals surface area contributed by atoms with E-state index < -0.39 is 48.5 Å². The van der Waals surface area contributed by atoms with E-state index in [1.54, 1.807) is 24.3 Å². The Labute approximate surface area is 232 Å². The fraction of sp³-hybridized carbons (Fsp3) is 0.172. The number of benzene rings is 3. The Hall–Kier alpha value is -4.67. The average molecular weight is 559 g/mol. The zero-order valence-corrected chi connectivity index (χ0v) is 21.6. The molecule has 1 aromatic heterocycles. The van der Waals surface area contributed by atoms with Crippen molar-refractivity contribution in [2.24, 2.45) is 0 Å². The SMILES string of the molecule is O=C(N[C@@H](CO)C(=O)O)c1ccccc1N1C(=O)[C@@H]2Cc3c([nH]c4ccccc34)[C@@H](c3cccc(Cl)c3)N2C1=O. The van der Waals surface area contributed by atoms with Crippen LogP contribution in [0.3, 0.4) is 0 Å². The summed E-state index contributed by atoms with van der Waals surface area (Å²) in [6.07, 6.45) is 0.261. The molecular formula is C29H23ClN4O6. The molecule has 1 fully saturated rings. The number of urea groups is 1. The number of H-pyrrole nitrogens is 1. The molecule has 40 heavy (non-hydrogen) atoms. The molecule has 0 spiro atoms. The van der Waals surface area contributed by atoms with E-state index >= 15 is 0 Å². The second-order valence-corrected chi connectivity index (χ2v) is 10.1. The number of carboxylic acid groups (broad SMARTS) is 1. The number of amides is 4. The van der Waals surface area contributed by atoms with Crippen molar-refractivity contribution in [3.63, 3.8) is 0 Å². The first-order chi connectivity index (χ1) is 19.3. The number of aliphatic hydroxyl groups is 1. The van der Waals surface area contributed by atoms with Crippen LogP contribution in [0.15, 0.2) is 72.8 Å². The third-order valence-corrected chi connectivity index (χ3v) is 7.62. The maximum absolute atomic E-state index is 14.1. The van der Waals surface area contributed by atoms with Crippen molar-refractivity contribution >= 4 is 52.0 Å². The molecule has 1 saturated heterocycles.